The highest BCUT2D eigenvalue weighted by Crippen LogP contribution is 2.35. The maximum Gasteiger partial charge on any atom is 0.168 e. The van der Waals surface area contributed by atoms with Gasteiger partial charge in [0.1, 0.15) is 0 Å². The lowest BCUT2D eigenvalue weighted by Crippen LogP contribution is -2.02. The summed E-state index contributed by atoms with van der Waals surface area (Å²) in [5.41, 5.74) is 10.7. The number of benzene rings is 6. The van der Waals surface area contributed by atoms with Gasteiger partial charge in [0.05, 0.1) is 0 Å². The summed E-state index contributed by atoms with van der Waals surface area (Å²) in [5.74, 6) is 3.22. The van der Waals surface area contributed by atoms with Crippen molar-refractivity contribution in [1.29, 1.82) is 0 Å². The molecule has 0 spiro atoms. The van der Waals surface area contributed by atoms with Crippen molar-refractivity contribution in [2.45, 2.75) is 13.8 Å². The third-order valence-electron chi connectivity index (χ3n) is 8.68. The minimum absolute atomic E-state index is 0.805. The minimum atomic E-state index is 0.805. The molecule has 0 aliphatic heterocycles. The Balaban J connectivity index is 1.21. The number of aromatic nitrogens is 6. The second-order valence-corrected chi connectivity index (χ2v) is 11.8. The summed E-state index contributed by atoms with van der Waals surface area (Å²) in [7, 11) is 0. The second-order valence-electron chi connectivity index (χ2n) is 11.8. The van der Waals surface area contributed by atoms with Crippen molar-refractivity contribution in [2.24, 2.45) is 0 Å². The Kier molecular flexibility index (Phi) is 7.51. The lowest BCUT2D eigenvalue weighted by atomic mass is 9.95. The molecule has 6 aromatic carbocycles. The van der Waals surface area contributed by atoms with Gasteiger partial charge in [-0.05, 0) is 60.4 Å². The van der Waals surface area contributed by atoms with E-state index in [9.17, 15) is 0 Å². The van der Waals surface area contributed by atoms with Gasteiger partial charge in [-0.2, -0.15) is 0 Å². The molecule has 230 valence electrons. The molecule has 0 atom stereocenters. The van der Waals surface area contributed by atoms with E-state index in [4.69, 9.17) is 0 Å². The molecule has 8 aromatic rings. The van der Waals surface area contributed by atoms with E-state index in [1.54, 1.807) is 0 Å². The van der Waals surface area contributed by atoms with Crippen molar-refractivity contribution in [2.75, 3.05) is 0 Å². The van der Waals surface area contributed by atoms with Gasteiger partial charge in [0.25, 0.3) is 0 Å². The first-order valence-electron chi connectivity index (χ1n) is 16.0. The molecule has 2 aromatic heterocycles. The molecule has 6 heteroatoms. The molecule has 6 nitrogen and oxygen atoms in total. The second kappa shape index (κ2) is 12.4. The highest BCUT2D eigenvalue weighted by atomic mass is 15.3. The highest BCUT2D eigenvalue weighted by Gasteiger charge is 2.20. The molecule has 0 aliphatic rings. The van der Waals surface area contributed by atoms with Gasteiger partial charge in [0.2, 0.25) is 0 Å². The monoisotopic (exact) mass is 620 g/mol. The average Bonchev–Trinajstić information content (AvgIpc) is 3.79. The van der Waals surface area contributed by atoms with Gasteiger partial charge in [-0.1, -0.05) is 133 Å². The predicted octanol–water partition coefficient (Wildman–Crippen LogP) is 9.80. The van der Waals surface area contributed by atoms with Crippen molar-refractivity contribution in [3.63, 3.8) is 0 Å². The van der Waals surface area contributed by atoms with Crippen molar-refractivity contribution in [3.8, 4) is 68.1 Å². The first-order chi connectivity index (χ1) is 23.7. The van der Waals surface area contributed by atoms with Crippen molar-refractivity contribution in [3.05, 3.63) is 169 Å². The number of nitrogens with zero attached hydrogens (tertiary/aromatic N) is 6. The SMILES string of the molecule is Cc1cc(-n2c(-c3ccccc3)nnc2-c2ccccc2)ccc1-c1ccc(-n2c(-c3ccccc3)nnc2-c2ccccc2)cc1C. The van der Waals surface area contributed by atoms with E-state index in [1.807, 2.05) is 72.8 Å². The smallest absolute Gasteiger partial charge is 0.168 e. The average molecular weight is 621 g/mol. The van der Waals surface area contributed by atoms with Crippen molar-refractivity contribution in [1.82, 2.24) is 29.5 Å². The standard InChI is InChI=1S/C42H32N6/c1-29-27-35(47-39(31-15-7-3-8-16-31)43-44-40(47)32-17-9-4-10-18-32)23-25-37(29)38-26-24-36(28-30(38)2)48-41(33-19-11-5-12-20-33)45-46-42(48)34-21-13-6-14-22-34/h3-28H,1-2H3. The van der Waals surface area contributed by atoms with Crippen LogP contribution in [0.15, 0.2) is 158 Å². The van der Waals surface area contributed by atoms with Crippen LogP contribution in [0.5, 0.6) is 0 Å². The third kappa shape index (κ3) is 5.29. The summed E-state index contributed by atoms with van der Waals surface area (Å²) in [4.78, 5) is 0. The van der Waals surface area contributed by atoms with Crippen LogP contribution in [-0.4, -0.2) is 29.5 Å². The van der Waals surface area contributed by atoms with E-state index in [0.29, 0.717) is 0 Å². The molecule has 0 N–H and O–H groups in total. The van der Waals surface area contributed by atoms with Crippen LogP contribution in [0.3, 0.4) is 0 Å². The summed E-state index contributed by atoms with van der Waals surface area (Å²) in [6.07, 6.45) is 0. The zero-order valence-electron chi connectivity index (χ0n) is 26.7. The summed E-state index contributed by atoms with van der Waals surface area (Å²) < 4.78 is 4.30. The number of rotatable bonds is 7. The first kappa shape index (κ1) is 29.0. The third-order valence-corrected chi connectivity index (χ3v) is 8.68. The topological polar surface area (TPSA) is 61.4 Å². The molecule has 0 unspecified atom stereocenters. The van der Waals surface area contributed by atoms with Crippen LogP contribution in [0, 0.1) is 13.8 Å². The molecule has 0 fully saturated rings. The normalized spacial score (nSPS) is 11.1. The van der Waals surface area contributed by atoms with E-state index in [-0.39, 0.29) is 0 Å². The molecule has 0 saturated carbocycles. The summed E-state index contributed by atoms with van der Waals surface area (Å²) >= 11 is 0. The summed E-state index contributed by atoms with van der Waals surface area (Å²) in [6.45, 7) is 4.34. The molecule has 48 heavy (non-hydrogen) atoms. The van der Waals surface area contributed by atoms with Gasteiger partial charge in [-0.25, -0.2) is 0 Å². The Morgan fingerprint density at radius 2 is 0.604 bits per heavy atom. The van der Waals surface area contributed by atoms with E-state index in [1.165, 1.54) is 11.1 Å². The van der Waals surface area contributed by atoms with Crippen LogP contribution in [-0.2, 0) is 0 Å². The molecule has 2 heterocycles. The molecular weight excluding hydrogens is 589 g/mol. The van der Waals surface area contributed by atoms with E-state index >= 15 is 0 Å². The number of aryl methyl sites for hydroxylation is 2. The fourth-order valence-electron chi connectivity index (χ4n) is 6.33. The van der Waals surface area contributed by atoms with Crippen molar-refractivity contribution >= 4 is 0 Å². The molecule has 0 bridgehead atoms. The first-order valence-corrected chi connectivity index (χ1v) is 16.0. The zero-order chi connectivity index (χ0) is 32.5. The predicted molar refractivity (Wildman–Crippen MR) is 193 cm³/mol. The van der Waals surface area contributed by atoms with Crippen LogP contribution in [0.2, 0.25) is 0 Å². The molecule has 0 radical (unpaired) electrons. The van der Waals surface area contributed by atoms with Crippen LogP contribution in [0.4, 0.5) is 0 Å². The van der Waals surface area contributed by atoms with E-state index in [0.717, 1.165) is 68.1 Å². The Morgan fingerprint density at radius 3 is 0.854 bits per heavy atom. The van der Waals surface area contributed by atoms with Gasteiger partial charge in [-0.15, -0.1) is 20.4 Å². The van der Waals surface area contributed by atoms with Crippen LogP contribution >= 0.6 is 0 Å². The Bertz CT molecular complexity index is 2060. The van der Waals surface area contributed by atoms with Crippen LogP contribution < -0.4 is 0 Å². The molecule has 0 aliphatic carbocycles. The molecular formula is C42H32N6. The van der Waals surface area contributed by atoms with Crippen molar-refractivity contribution < 1.29 is 0 Å². The number of hydrogen-bond acceptors (Lipinski definition) is 4. The summed E-state index contributed by atoms with van der Waals surface area (Å²) in [5, 5.41) is 18.6. The lowest BCUT2D eigenvalue weighted by Gasteiger charge is -2.17. The van der Waals surface area contributed by atoms with Gasteiger partial charge < -0.3 is 0 Å². The molecule has 0 saturated heterocycles. The minimum Gasteiger partial charge on any atom is -0.275 e. The molecule has 8 rings (SSSR count). The largest absolute Gasteiger partial charge is 0.275 e. The Hall–Kier alpha value is -6.40. The zero-order valence-corrected chi connectivity index (χ0v) is 26.7. The Labute approximate surface area is 279 Å². The van der Waals surface area contributed by atoms with Crippen LogP contribution in [0.1, 0.15) is 11.1 Å². The fraction of sp³-hybridized carbons (Fsp3) is 0.0476. The van der Waals surface area contributed by atoms with Gasteiger partial charge in [0, 0.05) is 33.6 Å². The van der Waals surface area contributed by atoms with Crippen LogP contribution in [0.25, 0.3) is 68.1 Å². The maximum absolute atomic E-state index is 4.66. The van der Waals surface area contributed by atoms with Gasteiger partial charge in [-0.3, -0.25) is 9.13 Å². The fourth-order valence-corrected chi connectivity index (χ4v) is 6.33. The quantitative estimate of drug-likeness (QED) is 0.178. The Morgan fingerprint density at radius 1 is 0.333 bits per heavy atom. The van der Waals surface area contributed by atoms with Gasteiger partial charge in [0.15, 0.2) is 23.3 Å². The highest BCUT2D eigenvalue weighted by molar-refractivity contribution is 5.76. The lowest BCUT2D eigenvalue weighted by molar-refractivity contribution is 1.07. The maximum atomic E-state index is 4.66. The number of hydrogen-bond donors (Lipinski definition) is 0. The molecule has 0 amide bonds. The summed E-state index contributed by atoms with van der Waals surface area (Å²) in [6, 6.07) is 54.1. The van der Waals surface area contributed by atoms with E-state index < -0.39 is 0 Å². The van der Waals surface area contributed by atoms with E-state index in [2.05, 4.69) is 128 Å². The van der Waals surface area contributed by atoms with Gasteiger partial charge >= 0.3 is 0 Å².